The molecule has 0 aliphatic heterocycles. The number of nitrogens with one attached hydrogen (secondary N) is 1. The van der Waals surface area contributed by atoms with Gasteiger partial charge in [-0.05, 0) is 36.4 Å². The molecule has 0 radical (unpaired) electrons. The zero-order chi connectivity index (χ0) is 20.8. The third-order valence-electron chi connectivity index (χ3n) is 4.14. The molecule has 8 heteroatoms. The van der Waals surface area contributed by atoms with Crippen LogP contribution in [0.15, 0.2) is 65.3 Å². The number of nitrogens with zero attached hydrogens (tertiary/aromatic N) is 1. The summed E-state index contributed by atoms with van der Waals surface area (Å²) < 4.78 is 10.7. The minimum atomic E-state index is -0.331. The van der Waals surface area contributed by atoms with E-state index in [1.807, 2.05) is 0 Å². The molecule has 1 aromatic heterocycles. The summed E-state index contributed by atoms with van der Waals surface area (Å²) in [7, 11) is 1.58. The van der Waals surface area contributed by atoms with Gasteiger partial charge in [-0.2, -0.15) is 0 Å². The molecule has 6 nitrogen and oxygen atoms in total. The maximum absolute atomic E-state index is 12.6. The number of hydrogen-bond acceptors (Lipinski definition) is 4. The maximum atomic E-state index is 12.6. The van der Waals surface area contributed by atoms with E-state index in [1.54, 1.807) is 55.6 Å². The van der Waals surface area contributed by atoms with Crippen molar-refractivity contribution in [1.82, 2.24) is 5.32 Å². The van der Waals surface area contributed by atoms with Crippen LogP contribution in [0.25, 0.3) is 0 Å². The molecule has 2 aromatic carbocycles. The first-order chi connectivity index (χ1) is 14.0. The molecular formula is C21H18Cl2N2O4. The van der Waals surface area contributed by atoms with Crippen LogP contribution in [-0.2, 0) is 11.3 Å². The fourth-order valence-corrected chi connectivity index (χ4v) is 2.86. The number of furan rings is 1. The Kier molecular flexibility index (Phi) is 6.80. The highest BCUT2D eigenvalue weighted by molar-refractivity contribution is 6.42. The summed E-state index contributed by atoms with van der Waals surface area (Å²) in [4.78, 5) is 26.5. The molecule has 0 aliphatic rings. The van der Waals surface area contributed by atoms with Gasteiger partial charge in [0.15, 0.2) is 6.61 Å². The predicted octanol–water partition coefficient (Wildman–Crippen LogP) is 4.56. The van der Waals surface area contributed by atoms with Crippen molar-refractivity contribution < 1.29 is 18.7 Å². The smallest absolute Gasteiger partial charge is 0.264 e. The molecule has 1 N–H and O–H groups in total. The van der Waals surface area contributed by atoms with Gasteiger partial charge in [0, 0.05) is 13.1 Å². The third kappa shape index (κ3) is 5.31. The zero-order valence-corrected chi connectivity index (χ0v) is 17.0. The minimum absolute atomic E-state index is 0.225. The molecule has 2 amide bonds. The summed E-state index contributed by atoms with van der Waals surface area (Å²) in [6.45, 7) is 0.0229. The van der Waals surface area contributed by atoms with Gasteiger partial charge < -0.3 is 19.4 Å². The molecule has 1 heterocycles. The van der Waals surface area contributed by atoms with Crippen molar-refractivity contribution in [2.24, 2.45) is 0 Å². The minimum Gasteiger partial charge on any atom is -0.484 e. The number of halogens is 2. The van der Waals surface area contributed by atoms with Crippen molar-refractivity contribution in [3.05, 3.63) is 82.2 Å². The van der Waals surface area contributed by atoms with Crippen molar-refractivity contribution in [3.63, 3.8) is 0 Å². The molecule has 0 fully saturated rings. The second kappa shape index (κ2) is 9.49. The fourth-order valence-electron chi connectivity index (χ4n) is 2.58. The molecule has 0 saturated carbocycles. The number of likely N-dealkylation sites (N-methyl/N-ethyl adjacent to an activating group) is 1. The zero-order valence-electron chi connectivity index (χ0n) is 15.5. The van der Waals surface area contributed by atoms with E-state index in [4.69, 9.17) is 32.4 Å². The Hall–Kier alpha value is -2.96. The summed E-state index contributed by atoms with van der Waals surface area (Å²) in [5.74, 6) is 0.408. The fraction of sp³-hybridized carbons (Fsp3) is 0.143. The van der Waals surface area contributed by atoms with Gasteiger partial charge in [-0.25, -0.2) is 0 Å². The highest BCUT2D eigenvalue weighted by atomic mass is 35.5. The summed E-state index contributed by atoms with van der Waals surface area (Å²) in [6.07, 6.45) is 1.54. The van der Waals surface area contributed by atoms with Crippen LogP contribution >= 0.6 is 23.2 Å². The van der Waals surface area contributed by atoms with Crippen molar-refractivity contribution in [2.75, 3.05) is 18.6 Å². The maximum Gasteiger partial charge on any atom is 0.264 e. The summed E-state index contributed by atoms with van der Waals surface area (Å²) in [5, 5.41) is 3.51. The quantitative estimate of drug-likeness (QED) is 0.593. The van der Waals surface area contributed by atoms with E-state index >= 15 is 0 Å². The number of rotatable bonds is 7. The van der Waals surface area contributed by atoms with Crippen molar-refractivity contribution in [1.29, 1.82) is 0 Å². The van der Waals surface area contributed by atoms with Crippen LogP contribution in [0, 0.1) is 0 Å². The number of ether oxygens (including phenoxy) is 1. The van der Waals surface area contributed by atoms with E-state index in [-0.39, 0.29) is 25.0 Å². The number of hydrogen-bond donors (Lipinski definition) is 1. The van der Waals surface area contributed by atoms with Gasteiger partial charge in [-0.15, -0.1) is 0 Å². The Morgan fingerprint density at radius 2 is 1.86 bits per heavy atom. The van der Waals surface area contributed by atoms with E-state index < -0.39 is 0 Å². The number of para-hydroxylation sites is 1. The molecule has 0 saturated heterocycles. The average molecular weight is 433 g/mol. The average Bonchev–Trinajstić information content (AvgIpc) is 3.25. The van der Waals surface area contributed by atoms with E-state index in [0.29, 0.717) is 32.8 Å². The lowest BCUT2D eigenvalue weighted by Crippen LogP contribution is -2.33. The van der Waals surface area contributed by atoms with Crippen LogP contribution in [0.3, 0.4) is 0 Å². The topological polar surface area (TPSA) is 71.8 Å². The molecule has 0 atom stereocenters. The third-order valence-corrected chi connectivity index (χ3v) is 4.88. The van der Waals surface area contributed by atoms with Crippen LogP contribution in [0.2, 0.25) is 10.0 Å². The number of benzene rings is 2. The Bertz CT molecular complexity index is 1010. The summed E-state index contributed by atoms with van der Waals surface area (Å²) in [6, 6.07) is 15.1. The highest BCUT2D eigenvalue weighted by Gasteiger charge is 2.19. The Morgan fingerprint density at radius 1 is 1.07 bits per heavy atom. The normalized spacial score (nSPS) is 10.4. The first kappa shape index (κ1) is 20.8. The largest absolute Gasteiger partial charge is 0.484 e. The van der Waals surface area contributed by atoms with E-state index in [1.165, 1.54) is 17.2 Å². The van der Waals surface area contributed by atoms with Crippen molar-refractivity contribution >= 4 is 40.7 Å². The second-order valence-corrected chi connectivity index (χ2v) is 6.91. The summed E-state index contributed by atoms with van der Waals surface area (Å²) >= 11 is 11.8. The lowest BCUT2D eigenvalue weighted by Gasteiger charge is -2.20. The van der Waals surface area contributed by atoms with Crippen molar-refractivity contribution in [3.8, 4) is 5.75 Å². The van der Waals surface area contributed by atoms with E-state index in [2.05, 4.69) is 5.32 Å². The molecule has 3 aromatic rings. The monoisotopic (exact) mass is 432 g/mol. The van der Waals surface area contributed by atoms with Gasteiger partial charge in [0.1, 0.15) is 11.5 Å². The lowest BCUT2D eigenvalue weighted by atomic mass is 10.1. The standard InChI is InChI=1S/C21H18Cl2N2O4/c1-25(20(26)13-29-14-8-9-17(22)18(23)11-14)19-7-3-2-6-16(19)21(27)24-12-15-5-4-10-28-15/h2-11H,12-13H2,1H3,(H,24,27). The van der Waals surface area contributed by atoms with Gasteiger partial charge in [-0.1, -0.05) is 35.3 Å². The Balaban J connectivity index is 1.66. The molecule has 0 spiro atoms. The molecule has 0 aliphatic carbocycles. The number of anilines is 1. The second-order valence-electron chi connectivity index (χ2n) is 6.10. The number of carbonyl (C=O) groups excluding carboxylic acids is 2. The van der Waals surface area contributed by atoms with Crippen molar-refractivity contribution in [2.45, 2.75) is 6.54 Å². The molecule has 150 valence electrons. The summed E-state index contributed by atoms with van der Waals surface area (Å²) in [5.41, 5.74) is 0.830. The SMILES string of the molecule is CN(C(=O)COc1ccc(Cl)c(Cl)c1)c1ccccc1C(=O)NCc1ccco1. The Morgan fingerprint density at radius 3 is 2.59 bits per heavy atom. The lowest BCUT2D eigenvalue weighted by molar-refractivity contribution is -0.120. The number of amides is 2. The molecule has 3 rings (SSSR count). The van der Waals surface area contributed by atoms with Crippen LogP contribution in [0.4, 0.5) is 5.69 Å². The van der Waals surface area contributed by atoms with Gasteiger partial charge in [0.2, 0.25) is 0 Å². The highest BCUT2D eigenvalue weighted by Crippen LogP contribution is 2.26. The van der Waals surface area contributed by atoms with Crippen LogP contribution in [0.5, 0.6) is 5.75 Å². The van der Waals surface area contributed by atoms with Gasteiger partial charge in [0.05, 0.1) is 34.1 Å². The van der Waals surface area contributed by atoms with E-state index in [9.17, 15) is 9.59 Å². The van der Waals surface area contributed by atoms with Crippen LogP contribution in [0.1, 0.15) is 16.1 Å². The first-order valence-corrected chi connectivity index (χ1v) is 9.45. The van der Waals surface area contributed by atoms with Crippen LogP contribution in [-0.4, -0.2) is 25.5 Å². The van der Waals surface area contributed by atoms with Crippen LogP contribution < -0.4 is 15.0 Å². The Labute approximate surface area is 178 Å². The predicted molar refractivity (Wildman–Crippen MR) is 112 cm³/mol. The van der Waals surface area contributed by atoms with Gasteiger partial charge in [-0.3, -0.25) is 9.59 Å². The van der Waals surface area contributed by atoms with Gasteiger partial charge in [0.25, 0.3) is 11.8 Å². The van der Waals surface area contributed by atoms with Gasteiger partial charge >= 0.3 is 0 Å². The molecular weight excluding hydrogens is 415 g/mol. The first-order valence-electron chi connectivity index (χ1n) is 8.69. The molecule has 0 bridgehead atoms. The van der Waals surface area contributed by atoms with E-state index in [0.717, 1.165) is 0 Å². The molecule has 0 unspecified atom stereocenters. The number of carbonyl (C=O) groups is 2. The molecule has 29 heavy (non-hydrogen) atoms.